The van der Waals surface area contributed by atoms with Crippen molar-refractivity contribution >= 4 is 39.0 Å². The number of anilines is 1. The number of amides is 2. The molecule has 0 aliphatic carbocycles. The highest BCUT2D eigenvalue weighted by Crippen LogP contribution is 2.16. The monoisotopic (exact) mass is 569 g/mol. The Morgan fingerprint density at radius 3 is 2.46 bits per heavy atom. The van der Waals surface area contributed by atoms with E-state index >= 15 is 0 Å². The number of hydrogen-bond donors (Lipinski definition) is 2. The summed E-state index contributed by atoms with van der Waals surface area (Å²) in [4.78, 5) is 41.1. The van der Waals surface area contributed by atoms with Crippen molar-refractivity contribution in [3.63, 3.8) is 0 Å². The van der Waals surface area contributed by atoms with Gasteiger partial charge in [-0.05, 0) is 67.2 Å². The summed E-state index contributed by atoms with van der Waals surface area (Å²) in [6.45, 7) is 1.78. The van der Waals surface area contributed by atoms with Gasteiger partial charge in [0.2, 0.25) is 0 Å². The van der Waals surface area contributed by atoms with Gasteiger partial charge in [-0.15, -0.1) is 0 Å². The van der Waals surface area contributed by atoms with Crippen molar-refractivity contribution in [1.82, 2.24) is 9.71 Å². The quantitative estimate of drug-likeness (QED) is 0.185. The zero-order valence-corrected chi connectivity index (χ0v) is 23.2. The van der Waals surface area contributed by atoms with Gasteiger partial charge in [-0.2, -0.15) is 0 Å². The summed E-state index contributed by atoms with van der Waals surface area (Å²) in [5.41, 5.74) is 3.39. The number of methoxy groups -OCH3 is 1. The second-order valence-corrected chi connectivity index (χ2v) is 11.0. The minimum Gasteiger partial charge on any atom is -0.469 e. The van der Waals surface area contributed by atoms with Gasteiger partial charge >= 0.3 is 5.97 Å². The van der Waals surface area contributed by atoms with Crippen molar-refractivity contribution in [3.05, 3.63) is 113 Å². The fourth-order valence-electron chi connectivity index (χ4n) is 3.74. The molecule has 1 unspecified atom stereocenters. The fraction of sp³-hybridized carbons (Fsp3) is 0.129. The predicted molar refractivity (Wildman–Crippen MR) is 156 cm³/mol. The summed E-state index contributed by atoms with van der Waals surface area (Å²) in [7, 11) is -1.83. The Morgan fingerprint density at radius 1 is 1.00 bits per heavy atom. The average Bonchev–Trinajstić information content (AvgIpc) is 3.41. The van der Waals surface area contributed by atoms with Crippen LogP contribution in [0.1, 0.15) is 49.6 Å². The third kappa shape index (κ3) is 7.71. The minimum absolute atomic E-state index is 0.165. The lowest BCUT2D eigenvalue weighted by atomic mass is 10.1. The zero-order chi connectivity index (χ0) is 29.4. The van der Waals surface area contributed by atoms with E-state index in [1.807, 2.05) is 0 Å². The first-order valence-corrected chi connectivity index (χ1v) is 14.1. The number of furan rings is 1. The molecule has 0 saturated carbocycles. The van der Waals surface area contributed by atoms with Crippen LogP contribution in [0.15, 0.2) is 88.6 Å². The maximum atomic E-state index is 13.2. The lowest BCUT2D eigenvalue weighted by Crippen LogP contribution is -2.30. The molecular weight excluding hydrogens is 542 g/mol. The van der Waals surface area contributed by atoms with E-state index in [2.05, 4.69) is 37.5 Å². The van der Waals surface area contributed by atoms with Gasteiger partial charge in [0.05, 0.1) is 28.6 Å². The average molecular weight is 570 g/mol. The van der Waals surface area contributed by atoms with E-state index in [1.165, 1.54) is 31.8 Å². The molecule has 0 radical (unpaired) electrons. The Morgan fingerprint density at radius 2 is 1.76 bits per heavy atom. The van der Waals surface area contributed by atoms with Gasteiger partial charge in [-0.1, -0.05) is 30.0 Å². The SMILES string of the molecule is C=S(=O)(NC(=O)c1cncc(C#Cc2cccc(NC(=O)c3occc3C)c2)c1)c1ccc(CCC(=O)OC)cc1. The number of aryl methyl sites for hydroxylation is 2. The standard InChI is InChI=1S/C31H27N3O6S/c1-21-15-16-40-29(21)31(37)33-26-6-4-5-23(18-26)7-8-24-17-25(20-32-19-24)30(36)34-41(3,38)27-12-9-22(10-13-27)11-14-28(35)39-2/h4-6,9-10,12-13,15-20H,3,11,14H2,1-2H3,(H,33,37)(H,34,36,38). The smallest absolute Gasteiger partial charge is 0.305 e. The van der Waals surface area contributed by atoms with E-state index in [4.69, 9.17) is 4.42 Å². The zero-order valence-electron chi connectivity index (χ0n) is 22.4. The van der Waals surface area contributed by atoms with Crippen LogP contribution in [0.2, 0.25) is 0 Å². The molecule has 41 heavy (non-hydrogen) atoms. The number of hydrogen-bond acceptors (Lipinski definition) is 7. The maximum Gasteiger partial charge on any atom is 0.305 e. The van der Waals surface area contributed by atoms with E-state index in [9.17, 15) is 18.6 Å². The molecule has 4 aromatic rings. The summed E-state index contributed by atoms with van der Waals surface area (Å²) in [5.74, 6) is 8.59. The van der Waals surface area contributed by atoms with E-state index < -0.39 is 15.6 Å². The number of nitrogens with one attached hydrogen (secondary N) is 2. The molecule has 2 aromatic carbocycles. The van der Waals surface area contributed by atoms with Gasteiger partial charge in [0.15, 0.2) is 5.76 Å². The first-order chi connectivity index (χ1) is 19.6. The van der Waals surface area contributed by atoms with Crippen LogP contribution in [0.3, 0.4) is 0 Å². The number of nitrogens with zero attached hydrogens (tertiary/aromatic N) is 1. The van der Waals surface area contributed by atoms with Gasteiger partial charge in [-0.25, -0.2) is 4.21 Å². The Hall–Kier alpha value is -5.14. The van der Waals surface area contributed by atoms with Gasteiger partial charge in [0.1, 0.15) is 0 Å². The second kappa shape index (κ2) is 12.8. The normalized spacial score (nSPS) is 11.9. The van der Waals surface area contributed by atoms with E-state index in [-0.39, 0.29) is 29.6 Å². The fourth-order valence-corrected chi connectivity index (χ4v) is 4.85. The van der Waals surface area contributed by atoms with Crippen molar-refractivity contribution in [2.75, 3.05) is 12.4 Å². The number of aromatic nitrogens is 1. The van der Waals surface area contributed by atoms with E-state index in [1.54, 1.807) is 61.5 Å². The highest BCUT2D eigenvalue weighted by atomic mass is 32.2. The molecule has 1 atom stereocenters. The van der Waals surface area contributed by atoms with Crippen LogP contribution in [0.4, 0.5) is 5.69 Å². The first-order valence-electron chi connectivity index (χ1n) is 12.4. The van der Waals surface area contributed by atoms with Gasteiger partial charge < -0.3 is 14.5 Å². The molecule has 2 amide bonds. The molecule has 2 aromatic heterocycles. The minimum atomic E-state index is -3.16. The number of esters is 1. The van der Waals surface area contributed by atoms with Gasteiger partial charge in [0.25, 0.3) is 11.8 Å². The summed E-state index contributed by atoms with van der Waals surface area (Å²) in [6, 6.07) is 16.9. The van der Waals surface area contributed by atoms with Crippen LogP contribution < -0.4 is 10.0 Å². The molecule has 2 N–H and O–H groups in total. The van der Waals surface area contributed by atoms with Crippen molar-refractivity contribution in [3.8, 4) is 11.8 Å². The summed E-state index contributed by atoms with van der Waals surface area (Å²) in [5, 5.41) is 2.78. The largest absolute Gasteiger partial charge is 0.469 e. The molecular formula is C31H27N3O6S. The number of pyridine rings is 1. The van der Waals surface area contributed by atoms with Crippen molar-refractivity contribution in [1.29, 1.82) is 0 Å². The Balaban J connectivity index is 1.42. The molecule has 0 aliphatic rings. The number of ether oxygens (including phenoxy) is 1. The van der Waals surface area contributed by atoms with Crippen molar-refractivity contribution in [2.24, 2.45) is 0 Å². The number of rotatable bonds is 8. The Kier molecular flexibility index (Phi) is 9.02. The van der Waals surface area contributed by atoms with Crippen LogP contribution in [-0.4, -0.2) is 40.0 Å². The summed E-state index contributed by atoms with van der Waals surface area (Å²) < 4.78 is 25.5. The summed E-state index contributed by atoms with van der Waals surface area (Å²) >= 11 is 0. The van der Waals surface area contributed by atoms with Crippen molar-refractivity contribution < 1.29 is 27.7 Å². The molecule has 0 bridgehead atoms. The third-order valence-electron chi connectivity index (χ3n) is 5.95. The molecule has 0 fully saturated rings. The third-order valence-corrected chi connectivity index (χ3v) is 7.50. The summed E-state index contributed by atoms with van der Waals surface area (Å²) in [6.07, 6.45) is 5.01. The van der Waals surface area contributed by atoms with E-state index in [0.29, 0.717) is 28.1 Å². The number of carbonyl (C=O) groups excluding carboxylic acids is 3. The lowest BCUT2D eigenvalue weighted by Gasteiger charge is -2.12. The molecule has 4 rings (SSSR count). The Bertz CT molecular complexity index is 1760. The Labute approximate surface area is 238 Å². The maximum absolute atomic E-state index is 13.2. The lowest BCUT2D eigenvalue weighted by molar-refractivity contribution is -0.140. The molecule has 2 heterocycles. The van der Waals surface area contributed by atoms with Crippen LogP contribution in [-0.2, 0) is 25.7 Å². The highest BCUT2D eigenvalue weighted by molar-refractivity contribution is 7.99. The van der Waals surface area contributed by atoms with E-state index in [0.717, 1.165) is 11.1 Å². The second-order valence-electron chi connectivity index (χ2n) is 9.01. The predicted octanol–water partition coefficient (Wildman–Crippen LogP) is 4.16. The molecule has 10 heteroatoms. The van der Waals surface area contributed by atoms with Crippen LogP contribution in [0, 0.1) is 18.8 Å². The first kappa shape index (κ1) is 28.9. The van der Waals surface area contributed by atoms with Gasteiger partial charge in [-0.3, -0.25) is 24.1 Å². The topological polar surface area (TPSA) is 128 Å². The molecule has 0 aliphatic heterocycles. The number of carbonyl (C=O) groups is 3. The van der Waals surface area contributed by atoms with Crippen LogP contribution in [0.25, 0.3) is 0 Å². The highest BCUT2D eigenvalue weighted by Gasteiger charge is 2.15. The molecule has 208 valence electrons. The van der Waals surface area contributed by atoms with Crippen molar-refractivity contribution in [2.45, 2.75) is 24.7 Å². The molecule has 0 saturated heterocycles. The molecule has 0 spiro atoms. The van der Waals surface area contributed by atoms with Gasteiger partial charge in [0, 0.05) is 46.1 Å². The molecule has 9 nitrogen and oxygen atoms in total. The van der Waals surface area contributed by atoms with Crippen LogP contribution in [0.5, 0.6) is 0 Å². The van der Waals surface area contributed by atoms with Crippen LogP contribution >= 0.6 is 0 Å². The number of benzene rings is 2.